The third-order valence-corrected chi connectivity index (χ3v) is 2.73. The SMILES string of the molecule is CCC(C)(CO)CNCC(C)COC. The van der Waals surface area contributed by atoms with E-state index in [1.165, 1.54) is 0 Å². The lowest BCUT2D eigenvalue weighted by atomic mass is 9.88. The van der Waals surface area contributed by atoms with E-state index in [0.29, 0.717) is 5.92 Å². The van der Waals surface area contributed by atoms with Crippen molar-refractivity contribution in [3.05, 3.63) is 0 Å². The standard InChI is InChI=1S/C11H25NO2/c1-5-11(3,9-13)8-12-6-10(2)7-14-4/h10,12-13H,5-9H2,1-4H3. The van der Waals surface area contributed by atoms with Crippen molar-refractivity contribution in [2.45, 2.75) is 27.2 Å². The summed E-state index contributed by atoms with van der Waals surface area (Å²) >= 11 is 0. The van der Waals surface area contributed by atoms with Crippen molar-refractivity contribution in [3.63, 3.8) is 0 Å². The van der Waals surface area contributed by atoms with Gasteiger partial charge in [-0.2, -0.15) is 0 Å². The molecule has 86 valence electrons. The van der Waals surface area contributed by atoms with E-state index < -0.39 is 0 Å². The second kappa shape index (κ2) is 7.21. The Labute approximate surface area is 87.8 Å². The molecule has 2 atom stereocenters. The van der Waals surface area contributed by atoms with Crippen molar-refractivity contribution in [1.29, 1.82) is 0 Å². The van der Waals surface area contributed by atoms with E-state index in [9.17, 15) is 5.11 Å². The van der Waals surface area contributed by atoms with Crippen LogP contribution in [0, 0.1) is 11.3 Å². The van der Waals surface area contributed by atoms with Crippen LogP contribution in [0.5, 0.6) is 0 Å². The summed E-state index contributed by atoms with van der Waals surface area (Å²) in [5.41, 5.74) is 0.0206. The number of aliphatic hydroxyl groups is 1. The largest absolute Gasteiger partial charge is 0.396 e. The van der Waals surface area contributed by atoms with Gasteiger partial charge in [-0.25, -0.2) is 0 Å². The van der Waals surface area contributed by atoms with Gasteiger partial charge in [0.15, 0.2) is 0 Å². The second-order valence-electron chi connectivity index (χ2n) is 4.51. The Morgan fingerprint density at radius 2 is 2.14 bits per heavy atom. The predicted octanol–water partition coefficient (Wildman–Crippen LogP) is 1.27. The molecule has 0 aromatic rings. The number of methoxy groups -OCH3 is 1. The number of hydrogen-bond acceptors (Lipinski definition) is 3. The van der Waals surface area contributed by atoms with E-state index in [2.05, 4.69) is 26.1 Å². The van der Waals surface area contributed by atoms with E-state index in [1.54, 1.807) is 7.11 Å². The maximum Gasteiger partial charge on any atom is 0.0499 e. The summed E-state index contributed by atoms with van der Waals surface area (Å²) in [6.07, 6.45) is 0.995. The highest BCUT2D eigenvalue weighted by Gasteiger charge is 2.20. The van der Waals surface area contributed by atoms with Gasteiger partial charge in [0.25, 0.3) is 0 Å². The molecule has 3 heteroatoms. The molecule has 0 aliphatic rings. The van der Waals surface area contributed by atoms with Gasteiger partial charge >= 0.3 is 0 Å². The summed E-state index contributed by atoms with van der Waals surface area (Å²) in [7, 11) is 1.72. The second-order valence-corrected chi connectivity index (χ2v) is 4.51. The quantitative estimate of drug-likeness (QED) is 0.624. The van der Waals surface area contributed by atoms with Gasteiger partial charge in [0.2, 0.25) is 0 Å². The Morgan fingerprint density at radius 3 is 2.57 bits per heavy atom. The molecular weight excluding hydrogens is 178 g/mol. The normalized spacial score (nSPS) is 17.8. The smallest absolute Gasteiger partial charge is 0.0499 e. The first-order valence-electron chi connectivity index (χ1n) is 5.38. The van der Waals surface area contributed by atoms with Crippen molar-refractivity contribution in [2.75, 3.05) is 33.4 Å². The van der Waals surface area contributed by atoms with Gasteiger partial charge in [0, 0.05) is 32.3 Å². The molecule has 2 N–H and O–H groups in total. The molecule has 0 saturated carbocycles. The first-order chi connectivity index (χ1) is 6.58. The molecule has 0 aromatic heterocycles. The monoisotopic (exact) mass is 203 g/mol. The maximum atomic E-state index is 9.19. The number of ether oxygens (including phenoxy) is 1. The van der Waals surface area contributed by atoms with Crippen LogP contribution in [0.25, 0.3) is 0 Å². The highest BCUT2D eigenvalue weighted by atomic mass is 16.5. The molecule has 0 aliphatic carbocycles. The first-order valence-corrected chi connectivity index (χ1v) is 5.38. The van der Waals surface area contributed by atoms with Gasteiger partial charge < -0.3 is 15.2 Å². The van der Waals surface area contributed by atoms with Gasteiger partial charge in [0.05, 0.1) is 0 Å². The molecule has 0 radical (unpaired) electrons. The van der Waals surface area contributed by atoms with Gasteiger partial charge in [-0.15, -0.1) is 0 Å². The molecule has 0 fully saturated rings. The average molecular weight is 203 g/mol. The summed E-state index contributed by atoms with van der Waals surface area (Å²) in [5.74, 6) is 0.528. The van der Waals surface area contributed by atoms with Crippen molar-refractivity contribution in [1.82, 2.24) is 5.32 Å². The molecule has 0 bridgehead atoms. The fraction of sp³-hybridized carbons (Fsp3) is 1.00. The van der Waals surface area contributed by atoms with Crippen LogP contribution in [-0.4, -0.2) is 38.5 Å². The zero-order chi connectivity index (χ0) is 11.0. The van der Waals surface area contributed by atoms with E-state index in [-0.39, 0.29) is 12.0 Å². The van der Waals surface area contributed by atoms with Gasteiger partial charge in [-0.3, -0.25) is 0 Å². The average Bonchev–Trinajstić information content (AvgIpc) is 2.18. The molecular formula is C11H25NO2. The number of aliphatic hydroxyl groups excluding tert-OH is 1. The number of rotatable bonds is 8. The zero-order valence-electron chi connectivity index (χ0n) is 9.97. The van der Waals surface area contributed by atoms with Crippen molar-refractivity contribution in [3.8, 4) is 0 Å². The minimum Gasteiger partial charge on any atom is -0.396 e. The summed E-state index contributed by atoms with van der Waals surface area (Å²) < 4.78 is 5.05. The van der Waals surface area contributed by atoms with Crippen LogP contribution in [0.3, 0.4) is 0 Å². The van der Waals surface area contributed by atoms with Crippen molar-refractivity contribution >= 4 is 0 Å². The summed E-state index contributed by atoms with van der Waals surface area (Å²) in [6, 6.07) is 0. The van der Waals surface area contributed by atoms with Crippen LogP contribution in [0.15, 0.2) is 0 Å². The Balaban J connectivity index is 3.61. The Bertz CT molecular complexity index is 135. The zero-order valence-corrected chi connectivity index (χ0v) is 9.97. The van der Waals surface area contributed by atoms with Crippen LogP contribution in [-0.2, 0) is 4.74 Å². The third kappa shape index (κ3) is 5.58. The van der Waals surface area contributed by atoms with E-state index in [0.717, 1.165) is 26.1 Å². The Morgan fingerprint density at radius 1 is 1.50 bits per heavy atom. The molecule has 0 heterocycles. The Hall–Kier alpha value is -0.120. The molecule has 0 amide bonds. The maximum absolute atomic E-state index is 9.19. The van der Waals surface area contributed by atoms with Crippen LogP contribution in [0.2, 0.25) is 0 Å². The topological polar surface area (TPSA) is 41.5 Å². The number of nitrogens with one attached hydrogen (secondary N) is 1. The third-order valence-electron chi connectivity index (χ3n) is 2.73. The van der Waals surface area contributed by atoms with Gasteiger partial charge in [0.1, 0.15) is 0 Å². The van der Waals surface area contributed by atoms with E-state index in [1.807, 2.05) is 0 Å². The molecule has 0 aromatic carbocycles. The molecule has 2 unspecified atom stereocenters. The fourth-order valence-corrected chi connectivity index (χ4v) is 1.26. The van der Waals surface area contributed by atoms with Crippen LogP contribution < -0.4 is 5.32 Å². The lowest BCUT2D eigenvalue weighted by Gasteiger charge is -2.26. The summed E-state index contributed by atoms with van der Waals surface area (Å²) in [6.45, 7) is 9.21. The van der Waals surface area contributed by atoms with Crippen LogP contribution in [0.1, 0.15) is 27.2 Å². The van der Waals surface area contributed by atoms with E-state index >= 15 is 0 Å². The molecule has 0 rings (SSSR count). The lowest BCUT2D eigenvalue weighted by Crippen LogP contribution is -2.36. The highest BCUT2D eigenvalue weighted by molar-refractivity contribution is 4.74. The first kappa shape index (κ1) is 13.9. The fourth-order valence-electron chi connectivity index (χ4n) is 1.26. The molecule has 3 nitrogen and oxygen atoms in total. The highest BCUT2D eigenvalue weighted by Crippen LogP contribution is 2.18. The Kier molecular flexibility index (Phi) is 7.15. The molecule has 0 spiro atoms. The van der Waals surface area contributed by atoms with E-state index in [4.69, 9.17) is 4.74 Å². The van der Waals surface area contributed by atoms with Gasteiger partial charge in [-0.05, 0) is 18.9 Å². The minimum absolute atomic E-state index is 0.0206. The summed E-state index contributed by atoms with van der Waals surface area (Å²) in [4.78, 5) is 0. The summed E-state index contributed by atoms with van der Waals surface area (Å²) in [5, 5.41) is 12.6. The molecule has 14 heavy (non-hydrogen) atoms. The predicted molar refractivity (Wildman–Crippen MR) is 59.4 cm³/mol. The van der Waals surface area contributed by atoms with Crippen molar-refractivity contribution < 1.29 is 9.84 Å². The van der Waals surface area contributed by atoms with Crippen LogP contribution >= 0.6 is 0 Å². The number of hydrogen-bond donors (Lipinski definition) is 2. The minimum atomic E-state index is 0.0206. The lowest BCUT2D eigenvalue weighted by molar-refractivity contribution is 0.127. The van der Waals surface area contributed by atoms with Crippen LogP contribution in [0.4, 0.5) is 0 Å². The van der Waals surface area contributed by atoms with Gasteiger partial charge in [-0.1, -0.05) is 20.8 Å². The van der Waals surface area contributed by atoms with Crippen molar-refractivity contribution in [2.24, 2.45) is 11.3 Å². The molecule has 0 saturated heterocycles. The molecule has 0 aliphatic heterocycles.